The van der Waals surface area contributed by atoms with Crippen molar-refractivity contribution in [2.24, 2.45) is 5.73 Å². The van der Waals surface area contributed by atoms with Crippen molar-refractivity contribution in [3.8, 4) is 0 Å². The lowest BCUT2D eigenvalue weighted by molar-refractivity contribution is -0.138. The van der Waals surface area contributed by atoms with E-state index in [1.165, 1.54) is 6.26 Å². The van der Waals surface area contributed by atoms with Gasteiger partial charge in [-0.05, 0) is 44.2 Å². The highest BCUT2D eigenvalue weighted by Gasteiger charge is 2.36. The van der Waals surface area contributed by atoms with Crippen molar-refractivity contribution >= 4 is 24.2 Å². The highest BCUT2D eigenvalue weighted by molar-refractivity contribution is 5.95. The zero-order valence-corrected chi connectivity index (χ0v) is 14.0. The lowest BCUT2D eigenvalue weighted by atomic mass is 9.98. The number of likely N-dealkylation sites (tertiary alicyclic amines) is 2. The van der Waals surface area contributed by atoms with Crippen molar-refractivity contribution in [2.45, 2.75) is 44.2 Å². The molecule has 0 saturated carbocycles. The fourth-order valence-electron chi connectivity index (χ4n) is 3.30. The number of nitrogens with zero attached hydrogens (tertiary/aromatic N) is 2. The minimum atomic E-state index is -0.360. The maximum Gasteiger partial charge on any atom is 0.290 e. The third kappa shape index (κ3) is 3.87. The third-order valence-corrected chi connectivity index (χ3v) is 4.63. The summed E-state index contributed by atoms with van der Waals surface area (Å²) in [5.74, 6) is 0.184. The Hall–Kier alpha value is -1.53. The van der Waals surface area contributed by atoms with Gasteiger partial charge in [0, 0.05) is 25.7 Å². The number of hydrogen-bond acceptors (Lipinski definition) is 4. The van der Waals surface area contributed by atoms with Gasteiger partial charge in [-0.25, -0.2) is 0 Å². The van der Waals surface area contributed by atoms with Crippen LogP contribution in [0.25, 0.3) is 0 Å². The monoisotopic (exact) mass is 341 g/mol. The molecule has 0 spiro atoms. The first-order chi connectivity index (χ1) is 10.7. The van der Waals surface area contributed by atoms with E-state index in [1.54, 1.807) is 17.0 Å². The van der Waals surface area contributed by atoms with E-state index in [0.29, 0.717) is 25.4 Å². The number of furan rings is 1. The molecule has 128 valence electrons. The second-order valence-corrected chi connectivity index (χ2v) is 6.15. The molecule has 0 aliphatic carbocycles. The van der Waals surface area contributed by atoms with Gasteiger partial charge in [-0.3, -0.25) is 9.59 Å². The number of carbonyl (C=O) groups is 2. The van der Waals surface area contributed by atoms with E-state index >= 15 is 0 Å². The number of amides is 2. The van der Waals surface area contributed by atoms with Crippen LogP contribution in [0.3, 0.4) is 0 Å². The first-order valence-electron chi connectivity index (χ1n) is 8.05. The number of piperidine rings is 2. The smallest absolute Gasteiger partial charge is 0.290 e. The first kappa shape index (κ1) is 17.8. The molecule has 1 unspecified atom stereocenters. The molecule has 2 saturated heterocycles. The molecule has 2 amide bonds. The quantitative estimate of drug-likeness (QED) is 0.887. The van der Waals surface area contributed by atoms with Crippen LogP contribution in [-0.4, -0.2) is 53.3 Å². The molecule has 0 bridgehead atoms. The second kappa shape index (κ2) is 7.84. The molecule has 2 fully saturated rings. The van der Waals surface area contributed by atoms with Crippen LogP contribution in [-0.2, 0) is 4.79 Å². The van der Waals surface area contributed by atoms with Crippen LogP contribution < -0.4 is 5.73 Å². The normalized spacial score (nSPS) is 22.6. The van der Waals surface area contributed by atoms with E-state index in [1.807, 2.05) is 4.90 Å². The van der Waals surface area contributed by atoms with E-state index in [9.17, 15) is 9.59 Å². The summed E-state index contributed by atoms with van der Waals surface area (Å²) in [7, 11) is 0. The van der Waals surface area contributed by atoms with Gasteiger partial charge in [0.2, 0.25) is 5.91 Å². The van der Waals surface area contributed by atoms with Gasteiger partial charge in [-0.2, -0.15) is 0 Å². The fourth-order valence-corrected chi connectivity index (χ4v) is 3.30. The third-order valence-electron chi connectivity index (χ3n) is 4.63. The maximum absolute atomic E-state index is 12.8. The Bertz CT molecular complexity index is 527. The molecule has 3 rings (SSSR count). The molecular weight excluding hydrogens is 318 g/mol. The van der Waals surface area contributed by atoms with Crippen LogP contribution >= 0.6 is 12.4 Å². The molecule has 2 aliphatic heterocycles. The van der Waals surface area contributed by atoms with Crippen LogP contribution in [0.4, 0.5) is 0 Å². The molecule has 2 N–H and O–H groups in total. The first-order valence-corrected chi connectivity index (χ1v) is 8.05. The lowest BCUT2D eigenvalue weighted by Gasteiger charge is -2.39. The Labute approximate surface area is 142 Å². The molecule has 2 aliphatic rings. The number of nitrogens with two attached hydrogens (primary N) is 1. The van der Waals surface area contributed by atoms with Crippen molar-refractivity contribution in [1.82, 2.24) is 9.80 Å². The van der Waals surface area contributed by atoms with Gasteiger partial charge in [0.25, 0.3) is 5.91 Å². The zero-order valence-electron chi connectivity index (χ0n) is 13.1. The molecule has 1 aromatic heterocycles. The molecule has 6 nitrogen and oxygen atoms in total. The Morgan fingerprint density at radius 2 is 1.87 bits per heavy atom. The van der Waals surface area contributed by atoms with Crippen LogP contribution in [0.2, 0.25) is 0 Å². The Morgan fingerprint density at radius 3 is 2.52 bits per heavy atom. The van der Waals surface area contributed by atoms with Crippen molar-refractivity contribution in [2.75, 3.05) is 19.6 Å². The lowest BCUT2D eigenvalue weighted by Crippen LogP contribution is -2.55. The van der Waals surface area contributed by atoms with Gasteiger partial charge < -0.3 is 20.0 Å². The van der Waals surface area contributed by atoms with E-state index in [4.69, 9.17) is 10.2 Å². The summed E-state index contributed by atoms with van der Waals surface area (Å²) in [5, 5.41) is 0. The van der Waals surface area contributed by atoms with Crippen LogP contribution in [0.1, 0.15) is 42.7 Å². The summed E-state index contributed by atoms with van der Waals surface area (Å²) in [6, 6.07) is 3.18. The van der Waals surface area contributed by atoms with Gasteiger partial charge in [-0.1, -0.05) is 0 Å². The van der Waals surface area contributed by atoms with Crippen LogP contribution in [0.15, 0.2) is 22.8 Å². The molecular formula is C16H24ClN3O3. The van der Waals surface area contributed by atoms with Crippen LogP contribution in [0, 0.1) is 0 Å². The molecule has 1 aromatic rings. The van der Waals surface area contributed by atoms with Crippen LogP contribution in [0.5, 0.6) is 0 Å². The fraction of sp³-hybridized carbons (Fsp3) is 0.625. The molecule has 0 aromatic carbocycles. The topological polar surface area (TPSA) is 79.8 Å². The Morgan fingerprint density at radius 1 is 1.13 bits per heavy atom. The van der Waals surface area contributed by atoms with Gasteiger partial charge in [0.15, 0.2) is 5.76 Å². The molecule has 3 heterocycles. The molecule has 23 heavy (non-hydrogen) atoms. The van der Waals surface area contributed by atoms with Crippen molar-refractivity contribution < 1.29 is 14.0 Å². The van der Waals surface area contributed by atoms with Crippen molar-refractivity contribution in [1.29, 1.82) is 0 Å². The molecule has 1 atom stereocenters. The Balaban J connectivity index is 0.00000192. The van der Waals surface area contributed by atoms with Crippen molar-refractivity contribution in [3.05, 3.63) is 24.2 Å². The van der Waals surface area contributed by atoms with Gasteiger partial charge in [0.1, 0.15) is 6.04 Å². The SMILES string of the molecule is Cl.NC1CCN(C(=O)C2CCCCN2C(=O)c2ccco2)CC1. The number of rotatable bonds is 2. The average molecular weight is 342 g/mol. The summed E-state index contributed by atoms with van der Waals surface area (Å²) < 4.78 is 5.20. The number of carbonyl (C=O) groups excluding carboxylic acids is 2. The summed E-state index contributed by atoms with van der Waals surface area (Å²) >= 11 is 0. The largest absolute Gasteiger partial charge is 0.459 e. The minimum absolute atomic E-state index is 0. The average Bonchev–Trinajstić information content (AvgIpc) is 3.09. The number of halogens is 1. The summed E-state index contributed by atoms with van der Waals surface area (Å²) in [6.45, 7) is 2.00. The minimum Gasteiger partial charge on any atom is -0.459 e. The number of hydrogen-bond donors (Lipinski definition) is 1. The van der Waals surface area contributed by atoms with E-state index in [-0.39, 0.29) is 36.3 Å². The van der Waals surface area contributed by atoms with E-state index in [0.717, 1.165) is 32.1 Å². The molecule has 7 heteroatoms. The summed E-state index contributed by atoms with van der Waals surface area (Å²) in [5.41, 5.74) is 5.90. The van der Waals surface area contributed by atoms with E-state index < -0.39 is 0 Å². The van der Waals surface area contributed by atoms with Gasteiger partial charge >= 0.3 is 0 Å². The van der Waals surface area contributed by atoms with E-state index in [2.05, 4.69) is 0 Å². The predicted octanol–water partition coefficient (Wildman–Crippen LogP) is 1.65. The molecule has 0 radical (unpaired) electrons. The summed E-state index contributed by atoms with van der Waals surface area (Å²) in [4.78, 5) is 28.9. The van der Waals surface area contributed by atoms with Gasteiger partial charge in [-0.15, -0.1) is 12.4 Å². The second-order valence-electron chi connectivity index (χ2n) is 6.15. The summed E-state index contributed by atoms with van der Waals surface area (Å²) in [6.07, 6.45) is 5.80. The Kier molecular flexibility index (Phi) is 6.07. The van der Waals surface area contributed by atoms with Crippen molar-refractivity contribution in [3.63, 3.8) is 0 Å². The zero-order chi connectivity index (χ0) is 15.5. The predicted molar refractivity (Wildman–Crippen MR) is 88.4 cm³/mol. The maximum atomic E-state index is 12.8. The standard InChI is InChI=1S/C16H23N3O3.ClH/c17-12-6-9-18(10-7-12)15(20)13-4-1-2-8-19(13)16(21)14-5-3-11-22-14;/h3,5,11-13H,1-2,4,6-10,17H2;1H. The van der Waals surface area contributed by atoms with Gasteiger partial charge in [0.05, 0.1) is 6.26 Å². The highest BCUT2D eigenvalue weighted by Crippen LogP contribution is 2.23. The highest BCUT2D eigenvalue weighted by atomic mass is 35.5.